The van der Waals surface area contributed by atoms with Crippen LogP contribution in [0.25, 0.3) is 0 Å². The van der Waals surface area contributed by atoms with Gasteiger partial charge in [-0.1, -0.05) is 31.5 Å². The molecule has 1 rings (SSSR count). The number of hydrogen-bond donors (Lipinski definition) is 2. The Morgan fingerprint density at radius 2 is 1.93 bits per heavy atom. The second-order valence-electron chi connectivity index (χ2n) is 4.61. The van der Waals surface area contributed by atoms with E-state index in [0.717, 1.165) is 6.54 Å². The molecule has 1 aromatic rings. The fraction of sp³-hybridized carbons (Fsp3) is 0.538. The van der Waals surface area contributed by atoms with Crippen LogP contribution in [0.5, 0.6) is 0 Å². The van der Waals surface area contributed by atoms with Gasteiger partial charge in [0.25, 0.3) is 0 Å². The summed E-state index contributed by atoms with van der Waals surface area (Å²) < 4.78 is 0. The molecular weight excluding hydrogens is 184 g/mol. The van der Waals surface area contributed by atoms with Crippen LogP contribution in [0.1, 0.15) is 25.0 Å². The molecule has 0 saturated carbocycles. The summed E-state index contributed by atoms with van der Waals surface area (Å²) in [6, 6.07) is 6.64. The number of rotatable bonds is 4. The summed E-state index contributed by atoms with van der Waals surface area (Å²) in [5.41, 5.74) is 9.75. The molecule has 0 amide bonds. The molecule has 0 saturated heterocycles. The highest BCUT2D eigenvalue weighted by atomic mass is 14.9. The second kappa shape index (κ2) is 5.17. The summed E-state index contributed by atoms with van der Waals surface area (Å²) >= 11 is 0. The first-order chi connectivity index (χ1) is 7.00. The van der Waals surface area contributed by atoms with Crippen molar-refractivity contribution in [1.82, 2.24) is 0 Å². The Hall–Kier alpha value is -1.02. The molecule has 84 valence electrons. The molecule has 1 unspecified atom stereocenters. The first-order valence-corrected chi connectivity index (χ1v) is 5.57. The van der Waals surface area contributed by atoms with Gasteiger partial charge in [-0.25, -0.2) is 0 Å². The number of nitrogens with one attached hydrogen (secondary N) is 1. The van der Waals surface area contributed by atoms with Crippen LogP contribution in [0.3, 0.4) is 0 Å². The maximum absolute atomic E-state index is 5.98. The fourth-order valence-corrected chi connectivity index (χ4v) is 1.48. The van der Waals surface area contributed by atoms with E-state index in [1.807, 2.05) is 0 Å². The number of hydrogen-bond acceptors (Lipinski definition) is 2. The molecule has 0 radical (unpaired) electrons. The molecule has 0 bridgehead atoms. The van der Waals surface area contributed by atoms with Gasteiger partial charge < -0.3 is 11.1 Å². The maximum atomic E-state index is 5.98. The lowest BCUT2D eigenvalue weighted by Gasteiger charge is -2.18. The van der Waals surface area contributed by atoms with E-state index in [-0.39, 0.29) is 6.04 Å². The molecule has 1 atom stereocenters. The Labute approximate surface area is 92.9 Å². The Morgan fingerprint density at radius 1 is 1.27 bits per heavy atom. The summed E-state index contributed by atoms with van der Waals surface area (Å²) in [4.78, 5) is 0. The molecule has 0 aliphatic heterocycles. The maximum Gasteiger partial charge on any atom is 0.0370 e. The number of anilines is 1. The molecule has 0 spiro atoms. The van der Waals surface area contributed by atoms with Crippen LogP contribution in [-0.4, -0.2) is 12.6 Å². The quantitative estimate of drug-likeness (QED) is 0.795. The van der Waals surface area contributed by atoms with Crippen LogP contribution in [0.15, 0.2) is 18.2 Å². The van der Waals surface area contributed by atoms with Gasteiger partial charge in [0.1, 0.15) is 0 Å². The molecule has 0 fully saturated rings. The number of nitrogens with two attached hydrogens (primary N) is 1. The normalized spacial score (nSPS) is 12.9. The molecule has 2 nitrogen and oxygen atoms in total. The van der Waals surface area contributed by atoms with Gasteiger partial charge in [0.2, 0.25) is 0 Å². The minimum absolute atomic E-state index is 0.214. The standard InChI is InChI=1S/C13H22N2/c1-9(2)12(14)8-15-13-6-5-10(3)7-11(13)4/h5-7,9,12,15H,8,14H2,1-4H3. The number of benzene rings is 1. The average Bonchev–Trinajstić information content (AvgIpc) is 2.15. The molecule has 15 heavy (non-hydrogen) atoms. The zero-order valence-electron chi connectivity index (χ0n) is 10.2. The monoisotopic (exact) mass is 206 g/mol. The molecule has 1 aromatic carbocycles. The molecule has 2 heteroatoms. The fourth-order valence-electron chi connectivity index (χ4n) is 1.48. The van der Waals surface area contributed by atoms with E-state index >= 15 is 0 Å². The molecule has 3 N–H and O–H groups in total. The summed E-state index contributed by atoms with van der Waals surface area (Å²) in [5.74, 6) is 0.517. The molecule has 0 aliphatic rings. The van der Waals surface area contributed by atoms with Crippen LogP contribution in [-0.2, 0) is 0 Å². The molecule has 0 heterocycles. The van der Waals surface area contributed by atoms with Crippen molar-refractivity contribution in [2.45, 2.75) is 33.7 Å². The Bertz CT molecular complexity index is 318. The van der Waals surface area contributed by atoms with E-state index in [2.05, 4.69) is 51.2 Å². The Kier molecular flexibility index (Phi) is 4.15. The van der Waals surface area contributed by atoms with Crippen LogP contribution in [0.2, 0.25) is 0 Å². The van der Waals surface area contributed by atoms with Gasteiger partial charge in [0.05, 0.1) is 0 Å². The lowest BCUT2D eigenvalue weighted by molar-refractivity contribution is 0.511. The van der Waals surface area contributed by atoms with Gasteiger partial charge in [0.15, 0.2) is 0 Å². The highest BCUT2D eigenvalue weighted by molar-refractivity contribution is 5.51. The Morgan fingerprint density at radius 3 is 2.47 bits per heavy atom. The van der Waals surface area contributed by atoms with Crippen molar-refractivity contribution in [3.63, 3.8) is 0 Å². The largest absolute Gasteiger partial charge is 0.383 e. The third kappa shape index (κ3) is 3.56. The first-order valence-electron chi connectivity index (χ1n) is 5.57. The predicted molar refractivity (Wildman–Crippen MR) is 67.2 cm³/mol. The average molecular weight is 206 g/mol. The van der Waals surface area contributed by atoms with Gasteiger partial charge in [-0.05, 0) is 31.4 Å². The van der Waals surface area contributed by atoms with Crippen molar-refractivity contribution in [2.24, 2.45) is 11.7 Å². The van der Waals surface area contributed by atoms with E-state index in [4.69, 9.17) is 5.73 Å². The second-order valence-corrected chi connectivity index (χ2v) is 4.61. The van der Waals surface area contributed by atoms with Crippen molar-refractivity contribution in [3.05, 3.63) is 29.3 Å². The van der Waals surface area contributed by atoms with Gasteiger partial charge >= 0.3 is 0 Å². The van der Waals surface area contributed by atoms with E-state index in [0.29, 0.717) is 5.92 Å². The molecule has 0 aliphatic carbocycles. The molecule has 0 aromatic heterocycles. The van der Waals surface area contributed by atoms with Crippen molar-refractivity contribution in [3.8, 4) is 0 Å². The van der Waals surface area contributed by atoms with Crippen LogP contribution >= 0.6 is 0 Å². The lowest BCUT2D eigenvalue weighted by atomic mass is 10.1. The van der Waals surface area contributed by atoms with Crippen LogP contribution < -0.4 is 11.1 Å². The van der Waals surface area contributed by atoms with Crippen molar-refractivity contribution in [2.75, 3.05) is 11.9 Å². The lowest BCUT2D eigenvalue weighted by Crippen LogP contribution is -2.34. The predicted octanol–water partition coefficient (Wildman–Crippen LogP) is 2.70. The van der Waals surface area contributed by atoms with E-state index < -0.39 is 0 Å². The SMILES string of the molecule is Cc1ccc(NCC(N)C(C)C)c(C)c1. The highest BCUT2D eigenvalue weighted by Gasteiger charge is 2.07. The minimum atomic E-state index is 0.214. The highest BCUT2D eigenvalue weighted by Crippen LogP contribution is 2.16. The summed E-state index contributed by atoms with van der Waals surface area (Å²) in [7, 11) is 0. The smallest absolute Gasteiger partial charge is 0.0370 e. The van der Waals surface area contributed by atoms with Gasteiger partial charge in [-0.2, -0.15) is 0 Å². The van der Waals surface area contributed by atoms with Crippen LogP contribution in [0.4, 0.5) is 5.69 Å². The van der Waals surface area contributed by atoms with Crippen molar-refractivity contribution in [1.29, 1.82) is 0 Å². The zero-order chi connectivity index (χ0) is 11.4. The minimum Gasteiger partial charge on any atom is -0.383 e. The van der Waals surface area contributed by atoms with Crippen molar-refractivity contribution < 1.29 is 0 Å². The van der Waals surface area contributed by atoms with E-state index in [1.54, 1.807) is 0 Å². The Balaban J connectivity index is 2.58. The topological polar surface area (TPSA) is 38.0 Å². The number of aryl methyl sites for hydroxylation is 2. The summed E-state index contributed by atoms with van der Waals surface area (Å²) in [6.45, 7) is 9.36. The van der Waals surface area contributed by atoms with Gasteiger partial charge in [0, 0.05) is 18.3 Å². The third-order valence-electron chi connectivity index (χ3n) is 2.77. The van der Waals surface area contributed by atoms with Crippen LogP contribution in [0, 0.1) is 19.8 Å². The third-order valence-corrected chi connectivity index (χ3v) is 2.77. The first kappa shape index (κ1) is 12.1. The van der Waals surface area contributed by atoms with E-state index in [9.17, 15) is 0 Å². The van der Waals surface area contributed by atoms with Gasteiger partial charge in [-0.15, -0.1) is 0 Å². The van der Waals surface area contributed by atoms with E-state index in [1.165, 1.54) is 16.8 Å². The van der Waals surface area contributed by atoms with Crippen molar-refractivity contribution >= 4 is 5.69 Å². The summed E-state index contributed by atoms with van der Waals surface area (Å²) in [6.07, 6.45) is 0. The molecular formula is C13H22N2. The van der Waals surface area contributed by atoms with Gasteiger partial charge in [-0.3, -0.25) is 0 Å². The zero-order valence-corrected chi connectivity index (χ0v) is 10.2. The summed E-state index contributed by atoms with van der Waals surface area (Å²) in [5, 5.41) is 3.40.